The number of nitrogens with one attached hydrogen (secondary N) is 1. The molecule has 0 aliphatic carbocycles. The number of carbonyl (C=O) groups excluding carboxylic acids is 1. The van der Waals surface area contributed by atoms with Gasteiger partial charge in [0.1, 0.15) is 0 Å². The fourth-order valence-electron chi connectivity index (χ4n) is 0.564. The molecule has 1 amide bonds. The Morgan fingerprint density at radius 3 is 2.38 bits per heavy atom. The molecule has 0 aliphatic heterocycles. The zero-order valence-corrected chi connectivity index (χ0v) is 5.40. The molecule has 1 unspecified atom stereocenters. The van der Waals surface area contributed by atoms with Crippen molar-refractivity contribution in [2.24, 2.45) is 5.92 Å². The monoisotopic (exact) mass is 114 g/mol. The van der Waals surface area contributed by atoms with Gasteiger partial charge in [0.25, 0.3) is 0 Å². The van der Waals surface area contributed by atoms with Crippen LogP contribution in [0.3, 0.4) is 0 Å². The Hall–Kier alpha value is -0.530. The van der Waals surface area contributed by atoms with Crippen LogP contribution in [0.25, 0.3) is 0 Å². The van der Waals surface area contributed by atoms with Crippen molar-refractivity contribution in [1.29, 1.82) is 0 Å². The smallest absolute Gasteiger partial charge is 0.241 e. The lowest BCUT2D eigenvalue weighted by molar-refractivity contribution is -0.122. The maximum absolute atomic E-state index is 10.2. The summed E-state index contributed by atoms with van der Waals surface area (Å²) in [5, 5.41) is 0. The van der Waals surface area contributed by atoms with Gasteiger partial charge in [0.05, 0.1) is 0 Å². The van der Waals surface area contributed by atoms with Crippen molar-refractivity contribution >= 4 is 5.91 Å². The van der Waals surface area contributed by atoms with E-state index >= 15 is 0 Å². The van der Waals surface area contributed by atoms with Gasteiger partial charge in [-0.1, -0.05) is 20.3 Å². The molecule has 2 nitrogen and oxygen atoms in total. The van der Waals surface area contributed by atoms with Crippen LogP contribution in [0.4, 0.5) is 0 Å². The number of amides is 1. The molecular formula is C6H12NO. The number of hydrogen-bond donors (Lipinski definition) is 0. The van der Waals surface area contributed by atoms with Gasteiger partial charge in [-0.15, -0.1) is 0 Å². The van der Waals surface area contributed by atoms with Crippen LogP contribution in [0.1, 0.15) is 26.7 Å². The second-order valence-electron chi connectivity index (χ2n) is 2.05. The third-order valence-corrected chi connectivity index (χ3v) is 1.17. The number of rotatable bonds is 3. The van der Waals surface area contributed by atoms with Gasteiger partial charge in [-0.05, 0) is 6.42 Å². The Morgan fingerprint density at radius 2 is 2.25 bits per heavy atom. The predicted molar refractivity (Wildman–Crippen MR) is 32.2 cm³/mol. The number of carbonyl (C=O) groups is 1. The topological polar surface area (TPSA) is 40.9 Å². The Kier molecular flexibility index (Phi) is 3.24. The lowest BCUT2D eigenvalue weighted by Crippen LogP contribution is -2.10. The van der Waals surface area contributed by atoms with E-state index in [1.807, 2.05) is 6.92 Å². The van der Waals surface area contributed by atoms with E-state index in [0.717, 1.165) is 12.8 Å². The van der Waals surface area contributed by atoms with Gasteiger partial charge in [-0.25, -0.2) is 0 Å². The lowest BCUT2D eigenvalue weighted by atomic mass is 10.1. The Balaban J connectivity index is 3.32. The Morgan fingerprint density at radius 1 is 1.75 bits per heavy atom. The Labute approximate surface area is 50.1 Å². The fraction of sp³-hybridized carbons (Fsp3) is 0.833. The van der Waals surface area contributed by atoms with Gasteiger partial charge in [0.15, 0.2) is 0 Å². The van der Waals surface area contributed by atoms with Crippen LogP contribution in [0, 0.1) is 5.92 Å². The highest BCUT2D eigenvalue weighted by atomic mass is 16.1. The molecule has 0 aromatic rings. The molecule has 47 valence electrons. The van der Waals surface area contributed by atoms with Crippen LogP contribution in [-0.4, -0.2) is 5.91 Å². The first-order chi connectivity index (χ1) is 3.68. The van der Waals surface area contributed by atoms with Crippen molar-refractivity contribution in [2.75, 3.05) is 0 Å². The molecule has 0 saturated heterocycles. The molecule has 0 fully saturated rings. The van der Waals surface area contributed by atoms with Gasteiger partial charge in [0.2, 0.25) is 5.91 Å². The van der Waals surface area contributed by atoms with Crippen molar-refractivity contribution in [3.05, 3.63) is 0 Å². The number of hydrogen-bond acceptors (Lipinski definition) is 1. The zero-order valence-electron chi connectivity index (χ0n) is 5.40. The van der Waals surface area contributed by atoms with E-state index < -0.39 is 5.91 Å². The Bertz CT molecular complexity index is 80.6. The summed E-state index contributed by atoms with van der Waals surface area (Å²) in [5.74, 6) is -0.494. The van der Waals surface area contributed by atoms with Crippen LogP contribution in [0.15, 0.2) is 0 Å². The van der Waals surface area contributed by atoms with Crippen molar-refractivity contribution in [2.45, 2.75) is 26.7 Å². The summed E-state index contributed by atoms with van der Waals surface area (Å²) in [6.45, 7) is 3.80. The first-order valence-corrected chi connectivity index (χ1v) is 2.94. The lowest BCUT2D eigenvalue weighted by Gasteiger charge is -2.00. The fourth-order valence-corrected chi connectivity index (χ4v) is 0.564. The van der Waals surface area contributed by atoms with Crippen LogP contribution in [-0.2, 0) is 4.79 Å². The summed E-state index contributed by atoms with van der Waals surface area (Å²) in [6.07, 6.45) is 1.84. The first-order valence-electron chi connectivity index (χ1n) is 2.94. The first kappa shape index (κ1) is 7.47. The molecule has 1 N–H and O–H groups in total. The van der Waals surface area contributed by atoms with Gasteiger partial charge >= 0.3 is 0 Å². The summed E-state index contributed by atoms with van der Waals surface area (Å²) in [4.78, 5) is 10.2. The van der Waals surface area contributed by atoms with E-state index in [1.165, 1.54) is 0 Å². The maximum atomic E-state index is 10.2. The molecule has 0 aromatic carbocycles. The zero-order chi connectivity index (χ0) is 6.57. The summed E-state index contributed by atoms with van der Waals surface area (Å²) < 4.78 is 0. The molecule has 0 aromatic heterocycles. The third-order valence-electron chi connectivity index (χ3n) is 1.17. The van der Waals surface area contributed by atoms with Crippen LogP contribution < -0.4 is 5.73 Å². The van der Waals surface area contributed by atoms with Gasteiger partial charge in [0, 0.05) is 5.92 Å². The van der Waals surface area contributed by atoms with E-state index in [0.29, 0.717) is 0 Å². The molecule has 2 heteroatoms. The largest absolute Gasteiger partial charge is 0.273 e. The highest BCUT2D eigenvalue weighted by molar-refractivity contribution is 5.75. The molecule has 0 aliphatic rings. The van der Waals surface area contributed by atoms with Gasteiger partial charge in [-0.3, -0.25) is 10.5 Å². The molecule has 8 heavy (non-hydrogen) atoms. The molecule has 0 saturated carbocycles. The summed E-state index contributed by atoms with van der Waals surface area (Å²) >= 11 is 0. The van der Waals surface area contributed by atoms with Crippen LogP contribution in [0.5, 0.6) is 0 Å². The summed E-state index contributed by atoms with van der Waals surface area (Å²) in [6, 6.07) is 0. The van der Waals surface area contributed by atoms with Crippen LogP contribution in [0.2, 0.25) is 0 Å². The molecule has 0 bridgehead atoms. The second kappa shape index (κ2) is 3.47. The average Bonchev–Trinajstić information content (AvgIpc) is 1.67. The summed E-state index contributed by atoms with van der Waals surface area (Å²) in [7, 11) is 0. The molecular weight excluding hydrogens is 102 g/mol. The molecule has 0 rings (SSSR count). The highest BCUT2D eigenvalue weighted by Gasteiger charge is 2.05. The molecule has 1 atom stereocenters. The third kappa shape index (κ3) is 2.61. The molecule has 0 heterocycles. The predicted octanol–water partition coefficient (Wildman–Crippen LogP) is 1.23. The molecule has 0 spiro atoms. The van der Waals surface area contributed by atoms with Crippen molar-refractivity contribution in [3.8, 4) is 0 Å². The average molecular weight is 114 g/mol. The minimum Gasteiger partial charge on any atom is -0.273 e. The van der Waals surface area contributed by atoms with Gasteiger partial charge in [-0.2, -0.15) is 0 Å². The minimum atomic E-state index is -0.438. The second-order valence-corrected chi connectivity index (χ2v) is 2.05. The van der Waals surface area contributed by atoms with E-state index in [2.05, 4.69) is 0 Å². The van der Waals surface area contributed by atoms with Crippen molar-refractivity contribution < 1.29 is 4.79 Å². The van der Waals surface area contributed by atoms with Gasteiger partial charge < -0.3 is 0 Å². The summed E-state index contributed by atoms with van der Waals surface area (Å²) in [5.41, 5.74) is 6.65. The van der Waals surface area contributed by atoms with Crippen molar-refractivity contribution in [1.82, 2.24) is 5.73 Å². The minimum absolute atomic E-state index is 0.0556. The van der Waals surface area contributed by atoms with Crippen molar-refractivity contribution in [3.63, 3.8) is 0 Å². The normalized spacial score (nSPS) is 13.2. The van der Waals surface area contributed by atoms with E-state index in [-0.39, 0.29) is 5.92 Å². The SMILES string of the molecule is CCCC(C)C([NH])=O. The van der Waals surface area contributed by atoms with E-state index in [1.54, 1.807) is 6.92 Å². The van der Waals surface area contributed by atoms with Crippen LogP contribution >= 0.6 is 0 Å². The molecule has 1 radical (unpaired) electrons. The van der Waals surface area contributed by atoms with E-state index in [9.17, 15) is 4.79 Å². The standard InChI is InChI=1S/C6H12NO/c1-3-4-5(2)6(7)8/h5,7H,3-4H2,1-2H3. The van der Waals surface area contributed by atoms with E-state index in [4.69, 9.17) is 5.73 Å². The highest BCUT2D eigenvalue weighted by Crippen LogP contribution is 2.02. The quantitative estimate of drug-likeness (QED) is 0.544. The maximum Gasteiger partial charge on any atom is 0.241 e.